The van der Waals surface area contributed by atoms with Gasteiger partial charge in [0.05, 0.1) is 16.7 Å². The number of benzene rings is 2. The first-order chi connectivity index (χ1) is 12.9. The Morgan fingerprint density at radius 1 is 1.22 bits per heavy atom. The Labute approximate surface area is 157 Å². The van der Waals surface area contributed by atoms with E-state index in [2.05, 4.69) is 22.7 Å². The second-order valence-corrected chi connectivity index (χ2v) is 6.52. The molecule has 1 atom stereocenters. The third-order valence-electron chi connectivity index (χ3n) is 4.56. The van der Waals surface area contributed by atoms with E-state index in [0.717, 1.165) is 18.4 Å². The third-order valence-corrected chi connectivity index (χ3v) is 4.56. The van der Waals surface area contributed by atoms with Gasteiger partial charge in [0.2, 0.25) is 0 Å². The van der Waals surface area contributed by atoms with Gasteiger partial charge in [0.25, 0.3) is 11.6 Å². The normalized spacial score (nSPS) is 14.4. The lowest BCUT2D eigenvalue weighted by Gasteiger charge is -2.13. The van der Waals surface area contributed by atoms with Crippen LogP contribution < -0.4 is 10.2 Å². The molecule has 1 aliphatic rings. The molecule has 3 rings (SSSR count). The summed E-state index contributed by atoms with van der Waals surface area (Å²) in [6.07, 6.45) is 2.54. The number of carbonyl (C=O) groups excluding carboxylic acids is 1. The topological polar surface area (TPSA) is 93.8 Å². The molecule has 0 heterocycles. The molecule has 0 saturated heterocycles. The predicted molar refractivity (Wildman–Crippen MR) is 102 cm³/mol. The highest BCUT2D eigenvalue weighted by Crippen LogP contribution is 2.23. The van der Waals surface area contributed by atoms with Crippen LogP contribution in [0.25, 0.3) is 0 Å². The molecule has 1 aliphatic carbocycles. The zero-order chi connectivity index (χ0) is 19.4. The molecule has 0 aliphatic heterocycles. The van der Waals surface area contributed by atoms with Gasteiger partial charge in [0.1, 0.15) is 5.75 Å². The monoisotopic (exact) mass is 367 g/mol. The highest BCUT2D eigenvalue weighted by molar-refractivity contribution is 5.99. The van der Waals surface area contributed by atoms with Crippen molar-refractivity contribution in [1.29, 1.82) is 0 Å². The summed E-state index contributed by atoms with van der Waals surface area (Å²) in [5.74, 6) is -0.173. The van der Waals surface area contributed by atoms with E-state index in [-0.39, 0.29) is 11.4 Å². The van der Waals surface area contributed by atoms with Gasteiger partial charge in [0.15, 0.2) is 6.10 Å². The van der Waals surface area contributed by atoms with Crippen LogP contribution in [0.5, 0.6) is 5.75 Å². The van der Waals surface area contributed by atoms with E-state index in [0.29, 0.717) is 5.71 Å². The first kappa shape index (κ1) is 18.6. The maximum absolute atomic E-state index is 12.2. The van der Waals surface area contributed by atoms with Crippen LogP contribution in [0.2, 0.25) is 0 Å². The summed E-state index contributed by atoms with van der Waals surface area (Å²) in [7, 11) is 0. The lowest BCUT2D eigenvalue weighted by molar-refractivity contribution is -0.384. The van der Waals surface area contributed by atoms with Gasteiger partial charge in [-0.05, 0) is 61.9 Å². The molecule has 1 unspecified atom stereocenters. The number of hydrazone groups is 1. The van der Waals surface area contributed by atoms with Crippen molar-refractivity contribution in [3.05, 3.63) is 69.3 Å². The minimum Gasteiger partial charge on any atom is -0.481 e. The molecular formula is C20H21N3O4. The molecular weight excluding hydrogens is 346 g/mol. The Kier molecular flexibility index (Phi) is 5.49. The number of fused-ring (bicyclic) bond motifs is 1. The number of non-ortho nitro benzene ring substituents is 1. The van der Waals surface area contributed by atoms with Crippen LogP contribution in [0.1, 0.15) is 37.0 Å². The molecule has 2 aromatic rings. The molecule has 0 aromatic heterocycles. The Hall–Kier alpha value is -3.22. The summed E-state index contributed by atoms with van der Waals surface area (Å²) in [6.45, 7) is 3.40. The van der Waals surface area contributed by atoms with Crippen molar-refractivity contribution in [3.8, 4) is 5.75 Å². The lowest BCUT2D eigenvalue weighted by atomic mass is 10.0. The van der Waals surface area contributed by atoms with Crippen LogP contribution in [0, 0.1) is 10.1 Å². The summed E-state index contributed by atoms with van der Waals surface area (Å²) < 4.78 is 5.48. The molecule has 27 heavy (non-hydrogen) atoms. The Morgan fingerprint density at radius 2 is 2.00 bits per heavy atom. The Bertz CT molecular complexity index is 908. The highest BCUT2D eigenvalue weighted by atomic mass is 16.6. The van der Waals surface area contributed by atoms with E-state index >= 15 is 0 Å². The van der Waals surface area contributed by atoms with E-state index in [1.165, 1.54) is 35.7 Å². The Morgan fingerprint density at radius 3 is 2.78 bits per heavy atom. The van der Waals surface area contributed by atoms with Crippen LogP contribution in [0.4, 0.5) is 5.69 Å². The fourth-order valence-corrected chi connectivity index (χ4v) is 3.02. The molecule has 1 N–H and O–H groups in total. The van der Waals surface area contributed by atoms with E-state index in [9.17, 15) is 14.9 Å². The van der Waals surface area contributed by atoms with Gasteiger partial charge in [-0.25, -0.2) is 5.43 Å². The third kappa shape index (κ3) is 4.49. The fourth-order valence-electron chi connectivity index (χ4n) is 3.02. The fraction of sp³-hybridized carbons (Fsp3) is 0.300. The van der Waals surface area contributed by atoms with Crippen molar-refractivity contribution < 1.29 is 14.5 Å². The van der Waals surface area contributed by atoms with Crippen LogP contribution in [-0.4, -0.2) is 22.6 Å². The first-order valence-corrected chi connectivity index (χ1v) is 8.81. The van der Waals surface area contributed by atoms with Crippen molar-refractivity contribution in [2.24, 2.45) is 5.10 Å². The number of nitrogens with one attached hydrogen (secondary N) is 1. The zero-order valence-corrected chi connectivity index (χ0v) is 15.3. The quantitative estimate of drug-likeness (QED) is 0.481. The van der Waals surface area contributed by atoms with Gasteiger partial charge in [-0.3, -0.25) is 14.9 Å². The molecule has 140 valence electrons. The number of nitro benzene ring substituents is 1. The second-order valence-electron chi connectivity index (χ2n) is 6.52. The number of ether oxygens (including phenoxy) is 1. The number of hydrogen-bond acceptors (Lipinski definition) is 5. The summed E-state index contributed by atoms with van der Waals surface area (Å²) in [5, 5.41) is 15.0. The predicted octanol–water partition coefficient (Wildman–Crippen LogP) is 3.39. The molecule has 0 bridgehead atoms. The number of aryl methyl sites for hydroxylation is 2. The molecule has 0 fully saturated rings. The van der Waals surface area contributed by atoms with Gasteiger partial charge < -0.3 is 4.74 Å². The highest BCUT2D eigenvalue weighted by Gasteiger charge is 2.16. The number of carbonyl (C=O) groups is 1. The van der Waals surface area contributed by atoms with Gasteiger partial charge in [0, 0.05) is 6.07 Å². The number of nitro groups is 1. The zero-order valence-electron chi connectivity index (χ0n) is 15.3. The van der Waals surface area contributed by atoms with E-state index in [4.69, 9.17) is 4.74 Å². The molecule has 0 saturated carbocycles. The van der Waals surface area contributed by atoms with Gasteiger partial charge in [-0.2, -0.15) is 5.10 Å². The maximum Gasteiger partial charge on any atom is 0.280 e. The standard InChI is InChI=1S/C20H21N3O4/c1-13(16-10-9-15-5-3-6-17(15)11-16)21-22-20(24)14(2)27-19-8-4-7-18(12-19)23(25)26/h4,7-12,14H,3,5-6H2,1-2H3,(H,22,24). The molecule has 2 aromatic carbocycles. The lowest BCUT2D eigenvalue weighted by Crippen LogP contribution is -2.33. The van der Waals surface area contributed by atoms with Crippen molar-refractivity contribution in [1.82, 2.24) is 5.43 Å². The average Bonchev–Trinajstić information content (AvgIpc) is 3.13. The molecule has 0 radical (unpaired) electrons. The van der Waals surface area contributed by atoms with Gasteiger partial charge in [-0.15, -0.1) is 0 Å². The van der Waals surface area contributed by atoms with Crippen LogP contribution in [0.3, 0.4) is 0 Å². The second kappa shape index (κ2) is 7.99. The van der Waals surface area contributed by atoms with Crippen LogP contribution >= 0.6 is 0 Å². The van der Waals surface area contributed by atoms with Crippen LogP contribution in [0.15, 0.2) is 47.6 Å². The summed E-state index contributed by atoms with van der Waals surface area (Å²) in [5.41, 5.74) is 6.82. The van der Waals surface area contributed by atoms with Crippen molar-refractivity contribution >= 4 is 17.3 Å². The minimum atomic E-state index is -0.844. The maximum atomic E-state index is 12.2. The van der Waals surface area contributed by atoms with Crippen molar-refractivity contribution in [2.75, 3.05) is 0 Å². The van der Waals surface area contributed by atoms with E-state index < -0.39 is 16.9 Å². The van der Waals surface area contributed by atoms with Gasteiger partial charge >= 0.3 is 0 Å². The van der Waals surface area contributed by atoms with Crippen molar-refractivity contribution in [3.63, 3.8) is 0 Å². The minimum absolute atomic E-state index is 0.0921. The van der Waals surface area contributed by atoms with E-state index in [1.54, 1.807) is 13.0 Å². The first-order valence-electron chi connectivity index (χ1n) is 8.81. The van der Waals surface area contributed by atoms with Gasteiger partial charge in [-0.1, -0.05) is 18.2 Å². The number of hydrogen-bond donors (Lipinski definition) is 1. The average molecular weight is 367 g/mol. The molecule has 7 nitrogen and oxygen atoms in total. The largest absolute Gasteiger partial charge is 0.481 e. The number of rotatable bonds is 6. The van der Waals surface area contributed by atoms with Crippen LogP contribution in [-0.2, 0) is 17.6 Å². The molecule has 0 spiro atoms. The van der Waals surface area contributed by atoms with E-state index in [1.807, 2.05) is 13.0 Å². The SMILES string of the molecule is CC(=NNC(=O)C(C)Oc1cccc([N+](=O)[O-])c1)c1ccc2c(c1)CCC2. The summed E-state index contributed by atoms with van der Waals surface area (Å²) >= 11 is 0. The Balaban J connectivity index is 1.61. The number of nitrogens with zero attached hydrogens (tertiary/aromatic N) is 2. The smallest absolute Gasteiger partial charge is 0.280 e. The molecule has 1 amide bonds. The number of amides is 1. The van der Waals surface area contributed by atoms with Crippen molar-refractivity contribution in [2.45, 2.75) is 39.2 Å². The summed E-state index contributed by atoms with van der Waals surface area (Å²) in [6, 6.07) is 12.0. The molecule has 7 heteroatoms. The summed E-state index contributed by atoms with van der Waals surface area (Å²) in [4.78, 5) is 22.5.